The van der Waals surface area contributed by atoms with Crippen LogP contribution in [0.5, 0.6) is 0 Å². The van der Waals surface area contributed by atoms with Gasteiger partial charge in [-0.1, -0.05) is 32.5 Å². The van der Waals surface area contributed by atoms with E-state index in [1.54, 1.807) is 0 Å². The van der Waals surface area contributed by atoms with Crippen molar-refractivity contribution >= 4 is 28.6 Å². The van der Waals surface area contributed by atoms with Crippen molar-refractivity contribution in [3.63, 3.8) is 0 Å². The number of ether oxygens (including phenoxy) is 3. The van der Waals surface area contributed by atoms with Crippen molar-refractivity contribution in [2.45, 2.75) is 82.2 Å². The molecule has 0 radical (unpaired) electrons. The van der Waals surface area contributed by atoms with Crippen molar-refractivity contribution in [2.75, 3.05) is 26.4 Å². The summed E-state index contributed by atoms with van der Waals surface area (Å²) in [6.45, 7) is 9.17. The number of carbonyl (C=O) groups is 1. The average molecular weight is 541 g/mol. The van der Waals surface area contributed by atoms with Crippen LogP contribution in [0.2, 0.25) is 0 Å². The van der Waals surface area contributed by atoms with Gasteiger partial charge in [0, 0.05) is 47.7 Å². The SMILES string of the molecule is CC(C)(C)c1nc2cc(SC(=CC(=O)C(F)(F)F)COC3CCCCO3)ccc2n1CC1CCOCC1. The number of imidazole rings is 1. The summed E-state index contributed by atoms with van der Waals surface area (Å²) in [4.78, 5) is 17.6. The van der Waals surface area contributed by atoms with Crippen LogP contribution in [0.15, 0.2) is 34.1 Å². The number of hydrogen-bond acceptors (Lipinski definition) is 6. The van der Waals surface area contributed by atoms with Gasteiger partial charge in [0.05, 0.1) is 17.6 Å². The molecule has 2 aliphatic heterocycles. The Morgan fingerprint density at radius 3 is 2.57 bits per heavy atom. The second kappa shape index (κ2) is 11.9. The lowest BCUT2D eigenvalue weighted by atomic mass is 9.94. The number of carbonyl (C=O) groups excluding carboxylic acids is 1. The Balaban J connectivity index is 1.59. The summed E-state index contributed by atoms with van der Waals surface area (Å²) in [6, 6.07) is 5.71. The van der Waals surface area contributed by atoms with Crippen LogP contribution in [0.1, 0.15) is 58.7 Å². The van der Waals surface area contributed by atoms with Crippen molar-refractivity contribution in [1.82, 2.24) is 9.55 Å². The summed E-state index contributed by atoms with van der Waals surface area (Å²) < 4.78 is 58.1. The molecule has 2 aliphatic rings. The number of fused-ring (bicyclic) bond motifs is 1. The van der Waals surface area contributed by atoms with Gasteiger partial charge in [0.25, 0.3) is 5.78 Å². The van der Waals surface area contributed by atoms with E-state index in [1.807, 2.05) is 18.2 Å². The Morgan fingerprint density at radius 2 is 1.92 bits per heavy atom. The van der Waals surface area contributed by atoms with Crippen LogP contribution in [0, 0.1) is 5.92 Å². The molecule has 3 heterocycles. The zero-order valence-corrected chi connectivity index (χ0v) is 22.4. The van der Waals surface area contributed by atoms with Gasteiger partial charge >= 0.3 is 6.18 Å². The van der Waals surface area contributed by atoms with E-state index in [0.717, 1.165) is 74.1 Å². The number of halogens is 3. The molecular weight excluding hydrogens is 505 g/mol. The van der Waals surface area contributed by atoms with Crippen LogP contribution >= 0.6 is 11.8 Å². The average Bonchev–Trinajstić information content (AvgIpc) is 3.21. The zero-order chi connectivity index (χ0) is 26.6. The molecule has 2 aromatic rings. The lowest BCUT2D eigenvalue weighted by molar-refractivity contribution is -0.165. The Hall–Kier alpha value is -1.88. The monoisotopic (exact) mass is 540 g/mol. The summed E-state index contributed by atoms with van der Waals surface area (Å²) in [5, 5.41) is 0. The van der Waals surface area contributed by atoms with Gasteiger partial charge in [0.15, 0.2) is 6.29 Å². The Kier molecular flexibility index (Phi) is 9.04. The molecule has 2 saturated heterocycles. The third-order valence-corrected chi connectivity index (χ3v) is 7.53. The fourth-order valence-corrected chi connectivity index (χ4v) is 5.52. The Morgan fingerprint density at radius 1 is 1.16 bits per heavy atom. The first-order chi connectivity index (χ1) is 17.5. The maximum absolute atomic E-state index is 13.0. The van der Waals surface area contributed by atoms with Crippen LogP contribution in [-0.2, 0) is 31.0 Å². The number of nitrogens with zero attached hydrogens (tertiary/aromatic N) is 2. The maximum Gasteiger partial charge on any atom is 0.454 e. The van der Waals surface area contributed by atoms with E-state index in [2.05, 4.69) is 25.3 Å². The third-order valence-electron chi connectivity index (χ3n) is 6.54. The molecule has 0 bridgehead atoms. The van der Waals surface area contributed by atoms with Crippen LogP contribution < -0.4 is 0 Å². The molecule has 0 saturated carbocycles. The lowest BCUT2D eigenvalue weighted by Gasteiger charge is -2.26. The molecule has 6 nitrogen and oxygen atoms in total. The van der Waals surface area contributed by atoms with Crippen LogP contribution in [0.3, 0.4) is 0 Å². The quantitative estimate of drug-likeness (QED) is 0.285. The summed E-state index contributed by atoms with van der Waals surface area (Å²) in [5.74, 6) is -0.430. The van der Waals surface area contributed by atoms with Gasteiger partial charge in [0.1, 0.15) is 5.82 Å². The molecule has 10 heteroatoms. The fraction of sp³-hybridized carbons (Fsp3) is 0.630. The molecule has 37 heavy (non-hydrogen) atoms. The standard InChI is InChI=1S/C27H35F3N2O4S/c1-26(2,3)25-31-21-14-19(7-8-22(21)32(25)16-18-9-12-34-13-10-18)37-20(15-23(33)27(28,29)30)17-36-24-6-4-5-11-35-24/h7-8,14-15,18,24H,4-6,9-13,16-17H2,1-3H3. The van der Waals surface area contributed by atoms with Crippen LogP contribution in [0.25, 0.3) is 11.0 Å². The minimum atomic E-state index is -4.94. The molecule has 0 aliphatic carbocycles. The van der Waals surface area contributed by atoms with E-state index >= 15 is 0 Å². The van der Waals surface area contributed by atoms with Gasteiger partial charge in [-0.05, 0) is 56.2 Å². The second-order valence-corrected chi connectivity index (χ2v) is 11.9. The molecule has 1 unspecified atom stereocenters. The molecule has 1 aromatic carbocycles. The van der Waals surface area contributed by atoms with Gasteiger partial charge in [-0.3, -0.25) is 4.79 Å². The summed E-state index contributed by atoms with van der Waals surface area (Å²) in [6.07, 6.45) is -0.243. The largest absolute Gasteiger partial charge is 0.454 e. The summed E-state index contributed by atoms with van der Waals surface area (Å²) >= 11 is 1.09. The minimum Gasteiger partial charge on any atom is -0.381 e. The Bertz CT molecular complexity index is 1110. The third kappa shape index (κ3) is 7.59. The highest BCUT2D eigenvalue weighted by Gasteiger charge is 2.37. The highest BCUT2D eigenvalue weighted by Crippen LogP contribution is 2.34. The smallest absolute Gasteiger partial charge is 0.381 e. The number of thioether (sulfide) groups is 1. The van der Waals surface area contributed by atoms with Crippen LogP contribution in [-0.4, -0.2) is 54.2 Å². The van der Waals surface area contributed by atoms with Gasteiger partial charge in [-0.15, -0.1) is 0 Å². The van der Waals surface area contributed by atoms with Crippen molar-refractivity contribution < 1.29 is 32.2 Å². The Labute approximate surface area is 219 Å². The van der Waals surface area contributed by atoms with Gasteiger partial charge < -0.3 is 18.8 Å². The number of rotatable bonds is 8. The number of alkyl halides is 3. The normalized spacial score (nSPS) is 20.5. The van der Waals surface area contributed by atoms with Crippen molar-refractivity contribution in [3.05, 3.63) is 35.0 Å². The topological polar surface area (TPSA) is 62.6 Å². The van der Waals surface area contributed by atoms with E-state index in [9.17, 15) is 18.0 Å². The summed E-state index contributed by atoms with van der Waals surface area (Å²) in [7, 11) is 0. The molecule has 0 amide bonds. The molecule has 1 aromatic heterocycles. The number of ketones is 1. The molecule has 0 N–H and O–H groups in total. The van der Waals surface area contributed by atoms with Crippen molar-refractivity contribution in [2.24, 2.45) is 5.92 Å². The number of benzene rings is 1. The molecule has 1 atom stereocenters. The van der Waals surface area contributed by atoms with Gasteiger partial charge in [-0.25, -0.2) is 4.98 Å². The number of allylic oxidation sites excluding steroid dienone is 1. The molecule has 204 valence electrons. The first-order valence-electron chi connectivity index (χ1n) is 12.8. The lowest BCUT2D eigenvalue weighted by Crippen LogP contribution is -2.25. The minimum absolute atomic E-state index is 0.138. The predicted octanol–water partition coefficient (Wildman–Crippen LogP) is 6.41. The van der Waals surface area contributed by atoms with Gasteiger partial charge in [0.2, 0.25) is 0 Å². The first kappa shape index (κ1) is 28.1. The zero-order valence-electron chi connectivity index (χ0n) is 21.6. The summed E-state index contributed by atoms with van der Waals surface area (Å²) in [5.41, 5.74) is 1.58. The van der Waals surface area contributed by atoms with Crippen molar-refractivity contribution in [3.8, 4) is 0 Å². The van der Waals surface area contributed by atoms with Crippen LogP contribution in [0.4, 0.5) is 13.2 Å². The number of hydrogen-bond donors (Lipinski definition) is 0. The van der Waals surface area contributed by atoms with E-state index in [0.29, 0.717) is 29.9 Å². The highest BCUT2D eigenvalue weighted by molar-refractivity contribution is 8.03. The maximum atomic E-state index is 13.0. The predicted molar refractivity (Wildman–Crippen MR) is 137 cm³/mol. The molecule has 4 rings (SSSR count). The van der Waals surface area contributed by atoms with E-state index < -0.39 is 18.2 Å². The molecular formula is C27H35F3N2O4S. The highest BCUT2D eigenvalue weighted by atomic mass is 32.2. The first-order valence-corrected chi connectivity index (χ1v) is 13.6. The van der Waals surface area contributed by atoms with E-state index in [-0.39, 0.29) is 16.9 Å². The van der Waals surface area contributed by atoms with Crippen molar-refractivity contribution in [1.29, 1.82) is 0 Å². The molecule has 0 spiro atoms. The molecule has 2 fully saturated rings. The second-order valence-electron chi connectivity index (χ2n) is 10.7. The number of aromatic nitrogens is 2. The van der Waals surface area contributed by atoms with Gasteiger partial charge in [-0.2, -0.15) is 13.2 Å². The van der Waals surface area contributed by atoms with E-state index in [1.165, 1.54) is 0 Å². The van der Waals surface area contributed by atoms with E-state index in [4.69, 9.17) is 19.2 Å². The fourth-order valence-electron chi connectivity index (χ4n) is 4.62.